The summed E-state index contributed by atoms with van der Waals surface area (Å²) < 4.78 is 12.8. The van der Waals surface area contributed by atoms with Crippen molar-refractivity contribution in [1.29, 1.82) is 0 Å². The SMILES string of the molecule is C=CCCCCOC(=O)[C@H]1[C@H]2C(=O)N([C@@H](CO)Cc3ccccc3)C(C(=O)N(CC=C)c3ccc4ccccc4c3)C23CC[C@]1(CC)O3. The van der Waals surface area contributed by atoms with Crippen molar-refractivity contribution in [1.82, 2.24) is 4.90 Å². The van der Waals surface area contributed by atoms with Crippen LogP contribution in [0.15, 0.2) is 98.1 Å². The van der Waals surface area contributed by atoms with E-state index in [0.29, 0.717) is 37.8 Å². The maximum absolute atomic E-state index is 15.2. The lowest BCUT2D eigenvalue weighted by molar-refractivity contribution is -0.162. The number of carbonyl (C=O) groups excluding carboxylic acids is 3. The smallest absolute Gasteiger partial charge is 0.312 e. The first-order valence-electron chi connectivity index (χ1n) is 17.2. The summed E-state index contributed by atoms with van der Waals surface area (Å²) in [6.07, 6.45) is 7.68. The Labute approximate surface area is 283 Å². The van der Waals surface area contributed by atoms with Gasteiger partial charge < -0.3 is 24.4 Å². The Balaban J connectivity index is 1.43. The number of unbranched alkanes of at least 4 members (excludes halogenated alkanes) is 2. The highest BCUT2D eigenvalue weighted by atomic mass is 16.6. The Bertz CT molecular complexity index is 1670. The lowest BCUT2D eigenvalue weighted by Gasteiger charge is -2.39. The zero-order chi connectivity index (χ0) is 33.9. The number of benzene rings is 3. The molecule has 3 aliphatic rings. The molecule has 8 heteroatoms. The summed E-state index contributed by atoms with van der Waals surface area (Å²) >= 11 is 0. The standard InChI is InChI=1S/C40H46N2O6/c1-4-7-8-14-24-47-38(46)34-33-36(44)42(32(27-43)25-28-15-10-9-11-16-28)35(40(33)22-21-39(34,6-3)48-40)37(45)41(23-5-2)31-20-19-29-17-12-13-18-30(29)26-31/h4-5,9-13,15-20,26,32-35,43H,1-2,6-8,14,21-25,27H2,3H3/t32-,33+,34-,35?,39+,40?/m1/s1. The van der Waals surface area contributed by atoms with Gasteiger partial charge in [-0.2, -0.15) is 0 Å². The minimum absolute atomic E-state index is 0.202. The van der Waals surface area contributed by atoms with Gasteiger partial charge in [-0.05, 0) is 73.4 Å². The summed E-state index contributed by atoms with van der Waals surface area (Å²) in [6.45, 7) is 9.75. The number of likely N-dealkylation sites (tertiary alicyclic amines) is 1. The first-order chi connectivity index (χ1) is 23.3. The van der Waals surface area contributed by atoms with E-state index in [4.69, 9.17) is 9.47 Å². The Morgan fingerprint density at radius 3 is 2.50 bits per heavy atom. The van der Waals surface area contributed by atoms with Gasteiger partial charge in [0.25, 0.3) is 5.91 Å². The molecule has 48 heavy (non-hydrogen) atoms. The van der Waals surface area contributed by atoms with E-state index in [1.54, 1.807) is 15.9 Å². The Morgan fingerprint density at radius 1 is 1.04 bits per heavy atom. The number of amides is 2. The first kappa shape index (κ1) is 33.6. The van der Waals surface area contributed by atoms with Gasteiger partial charge >= 0.3 is 5.97 Å². The number of fused-ring (bicyclic) bond motifs is 2. The number of nitrogens with zero attached hydrogens (tertiary/aromatic N) is 2. The van der Waals surface area contributed by atoms with E-state index in [0.717, 1.165) is 29.2 Å². The van der Waals surface area contributed by atoms with Gasteiger partial charge in [0.1, 0.15) is 17.6 Å². The molecular formula is C40H46N2O6. The largest absolute Gasteiger partial charge is 0.465 e. The third-order valence-corrected chi connectivity index (χ3v) is 10.7. The number of aliphatic hydroxyl groups excluding tert-OH is 1. The topological polar surface area (TPSA) is 96.4 Å². The molecule has 3 heterocycles. The van der Waals surface area contributed by atoms with E-state index in [1.165, 1.54) is 0 Å². The van der Waals surface area contributed by atoms with E-state index < -0.39 is 41.1 Å². The number of carbonyl (C=O) groups is 3. The summed E-state index contributed by atoms with van der Waals surface area (Å²) in [5.41, 5.74) is -0.573. The fourth-order valence-corrected chi connectivity index (χ4v) is 8.42. The molecule has 1 spiro atoms. The third kappa shape index (κ3) is 5.75. The molecule has 3 saturated heterocycles. The number of allylic oxidation sites excluding steroid dienone is 1. The van der Waals surface area contributed by atoms with E-state index in [9.17, 15) is 14.7 Å². The summed E-state index contributed by atoms with van der Waals surface area (Å²) in [5.74, 6) is -2.88. The van der Waals surface area contributed by atoms with Crippen molar-refractivity contribution < 1.29 is 29.0 Å². The number of ether oxygens (including phenoxy) is 2. The molecule has 3 aliphatic heterocycles. The number of aliphatic hydroxyl groups is 1. The van der Waals surface area contributed by atoms with Crippen LogP contribution in [0.2, 0.25) is 0 Å². The van der Waals surface area contributed by atoms with Crippen molar-refractivity contribution in [3.8, 4) is 0 Å². The van der Waals surface area contributed by atoms with Crippen LogP contribution in [-0.4, -0.2) is 70.8 Å². The number of hydrogen-bond acceptors (Lipinski definition) is 6. The number of esters is 1. The zero-order valence-corrected chi connectivity index (χ0v) is 27.8. The molecular weight excluding hydrogens is 604 g/mol. The van der Waals surface area contributed by atoms with Crippen LogP contribution in [0.25, 0.3) is 10.8 Å². The second kappa shape index (κ2) is 14.1. The Kier molecular flexibility index (Phi) is 9.85. The fourth-order valence-electron chi connectivity index (χ4n) is 8.42. The van der Waals surface area contributed by atoms with Crippen LogP contribution >= 0.6 is 0 Å². The molecule has 0 radical (unpaired) electrons. The summed E-state index contributed by atoms with van der Waals surface area (Å²) in [7, 11) is 0. The number of anilines is 1. The molecule has 252 valence electrons. The molecule has 3 fully saturated rings. The van der Waals surface area contributed by atoms with Gasteiger partial charge in [-0.3, -0.25) is 14.4 Å². The summed E-state index contributed by atoms with van der Waals surface area (Å²) in [5, 5.41) is 12.9. The normalized spacial score (nSPS) is 26.3. The molecule has 1 N–H and O–H groups in total. The van der Waals surface area contributed by atoms with Crippen molar-refractivity contribution >= 4 is 34.2 Å². The molecule has 8 nitrogen and oxygen atoms in total. The number of rotatable bonds is 15. The van der Waals surface area contributed by atoms with Gasteiger partial charge in [0.05, 0.1) is 30.8 Å². The minimum Gasteiger partial charge on any atom is -0.465 e. The lowest BCUT2D eigenvalue weighted by atomic mass is 9.65. The zero-order valence-electron chi connectivity index (χ0n) is 27.8. The van der Waals surface area contributed by atoms with E-state index in [1.807, 2.05) is 85.8 Å². The van der Waals surface area contributed by atoms with Crippen LogP contribution in [0.1, 0.15) is 51.0 Å². The van der Waals surface area contributed by atoms with Crippen LogP contribution in [0, 0.1) is 11.8 Å². The molecule has 6 atom stereocenters. The average molecular weight is 651 g/mol. The molecule has 0 aliphatic carbocycles. The van der Waals surface area contributed by atoms with Crippen LogP contribution in [-0.2, 0) is 30.3 Å². The van der Waals surface area contributed by atoms with Crippen molar-refractivity contribution in [2.24, 2.45) is 11.8 Å². The average Bonchev–Trinajstić information content (AvgIpc) is 3.73. The van der Waals surface area contributed by atoms with Gasteiger partial charge in [0, 0.05) is 12.2 Å². The Morgan fingerprint density at radius 2 is 1.79 bits per heavy atom. The van der Waals surface area contributed by atoms with Crippen molar-refractivity contribution in [2.45, 2.75) is 75.2 Å². The highest BCUT2D eigenvalue weighted by Gasteiger charge is 2.79. The van der Waals surface area contributed by atoms with E-state index >= 15 is 4.79 Å². The molecule has 2 bridgehead atoms. The third-order valence-electron chi connectivity index (χ3n) is 10.7. The second-order valence-corrected chi connectivity index (χ2v) is 13.3. The molecule has 6 rings (SSSR count). The van der Waals surface area contributed by atoms with Gasteiger partial charge in [-0.25, -0.2) is 0 Å². The van der Waals surface area contributed by atoms with Crippen LogP contribution in [0.3, 0.4) is 0 Å². The van der Waals surface area contributed by atoms with E-state index in [2.05, 4.69) is 13.2 Å². The van der Waals surface area contributed by atoms with Crippen LogP contribution in [0.4, 0.5) is 5.69 Å². The minimum atomic E-state index is -1.25. The first-order valence-corrected chi connectivity index (χ1v) is 17.2. The van der Waals surface area contributed by atoms with Gasteiger partial charge in [0.2, 0.25) is 5.91 Å². The van der Waals surface area contributed by atoms with E-state index in [-0.39, 0.29) is 31.6 Å². The molecule has 3 aromatic rings. The van der Waals surface area contributed by atoms with Crippen molar-refractivity contribution in [3.05, 3.63) is 104 Å². The molecule has 0 aromatic heterocycles. The van der Waals surface area contributed by atoms with Crippen molar-refractivity contribution in [2.75, 3.05) is 24.7 Å². The van der Waals surface area contributed by atoms with Gasteiger partial charge in [-0.15, -0.1) is 13.2 Å². The highest BCUT2D eigenvalue weighted by Crippen LogP contribution is 2.65. The van der Waals surface area contributed by atoms with Crippen LogP contribution < -0.4 is 4.90 Å². The molecule has 2 unspecified atom stereocenters. The maximum Gasteiger partial charge on any atom is 0.312 e. The quantitative estimate of drug-likeness (QED) is 0.123. The summed E-state index contributed by atoms with van der Waals surface area (Å²) in [4.78, 5) is 47.2. The number of hydrogen-bond donors (Lipinski definition) is 1. The monoisotopic (exact) mass is 650 g/mol. The lowest BCUT2D eigenvalue weighted by Crippen LogP contribution is -2.59. The Hall–Kier alpha value is -4.27. The maximum atomic E-state index is 15.2. The van der Waals surface area contributed by atoms with Crippen molar-refractivity contribution in [3.63, 3.8) is 0 Å². The molecule has 3 aromatic carbocycles. The predicted molar refractivity (Wildman–Crippen MR) is 186 cm³/mol. The van der Waals surface area contributed by atoms with Crippen LogP contribution in [0.5, 0.6) is 0 Å². The molecule has 2 amide bonds. The highest BCUT2D eigenvalue weighted by molar-refractivity contribution is 6.06. The fraction of sp³-hybridized carbons (Fsp3) is 0.425. The second-order valence-electron chi connectivity index (χ2n) is 13.3. The van der Waals surface area contributed by atoms with Gasteiger partial charge in [0.15, 0.2) is 0 Å². The predicted octanol–water partition coefficient (Wildman–Crippen LogP) is 6.02. The van der Waals surface area contributed by atoms with Gasteiger partial charge in [-0.1, -0.05) is 79.7 Å². The summed E-state index contributed by atoms with van der Waals surface area (Å²) in [6, 6.07) is 21.6. The molecule has 0 saturated carbocycles.